The third-order valence-corrected chi connectivity index (χ3v) is 5.30. The number of para-hydroxylation sites is 1. The van der Waals surface area contributed by atoms with Crippen LogP contribution in [0.5, 0.6) is 0 Å². The molecule has 0 bridgehead atoms. The number of nitrogens with zero attached hydrogens (tertiary/aromatic N) is 2. The van der Waals surface area contributed by atoms with Gasteiger partial charge in [-0.15, -0.1) is 0 Å². The molecule has 1 aliphatic heterocycles. The number of ether oxygens (including phenoxy) is 2. The number of hydrogen-bond donors (Lipinski definition) is 0. The topological polar surface area (TPSA) is 76.2 Å². The van der Waals surface area contributed by atoms with Crippen LogP contribution in [0.15, 0.2) is 54.6 Å². The summed E-state index contributed by atoms with van der Waals surface area (Å²) in [6, 6.07) is 17.3. The van der Waals surface area contributed by atoms with E-state index in [-0.39, 0.29) is 12.5 Å². The number of amides is 1. The van der Waals surface area contributed by atoms with Crippen molar-refractivity contribution in [2.24, 2.45) is 0 Å². The highest BCUT2D eigenvalue weighted by Gasteiger charge is 2.37. The first-order valence-corrected chi connectivity index (χ1v) is 10.3. The summed E-state index contributed by atoms with van der Waals surface area (Å²) in [5.74, 6) is -1.08. The SMILES string of the molecule is CC(=O)OC[C@@H]1[C@H](OC(C)=O)CN(Cc2ccccc2)c2ccccc2CN1C(C)=O. The largest absolute Gasteiger partial charge is 0.464 e. The Bertz CT molecular complexity index is 931. The number of carbonyl (C=O) groups is 3. The van der Waals surface area contributed by atoms with Gasteiger partial charge in [-0.1, -0.05) is 48.5 Å². The van der Waals surface area contributed by atoms with Gasteiger partial charge in [-0.2, -0.15) is 0 Å². The molecule has 0 spiro atoms. The van der Waals surface area contributed by atoms with E-state index in [1.165, 1.54) is 20.8 Å². The monoisotopic (exact) mass is 424 g/mol. The van der Waals surface area contributed by atoms with E-state index < -0.39 is 24.1 Å². The van der Waals surface area contributed by atoms with Crippen LogP contribution in [0, 0.1) is 0 Å². The predicted molar refractivity (Wildman–Crippen MR) is 116 cm³/mol. The minimum atomic E-state index is -0.669. The fourth-order valence-corrected chi connectivity index (χ4v) is 3.92. The van der Waals surface area contributed by atoms with Gasteiger partial charge in [0.25, 0.3) is 0 Å². The zero-order valence-electron chi connectivity index (χ0n) is 18.1. The summed E-state index contributed by atoms with van der Waals surface area (Å²) >= 11 is 0. The lowest BCUT2D eigenvalue weighted by atomic mass is 10.0. The zero-order chi connectivity index (χ0) is 22.4. The van der Waals surface area contributed by atoms with Gasteiger partial charge in [0, 0.05) is 39.5 Å². The summed E-state index contributed by atoms with van der Waals surface area (Å²) in [5, 5.41) is 0. The fourth-order valence-electron chi connectivity index (χ4n) is 3.92. The second kappa shape index (κ2) is 10.1. The van der Waals surface area contributed by atoms with Crippen molar-refractivity contribution in [2.75, 3.05) is 18.1 Å². The Morgan fingerprint density at radius 3 is 2.26 bits per heavy atom. The predicted octanol–water partition coefficient (Wildman–Crippen LogP) is 2.92. The molecule has 0 aliphatic carbocycles. The van der Waals surface area contributed by atoms with E-state index >= 15 is 0 Å². The van der Waals surface area contributed by atoms with Crippen molar-refractivity contribution < 1.29 is 23.9 Å². The van der Waals surface area contributed by atoms with Crippen molar-refractivity contribution >= 4 is 23.5 Å². The molecule has 0 fully saturated rings. The number of esters is 2. The number of benzene rings is 2. The first-order chi connectivity index (χ1) is 14.8. The summed E-state index contributed by atoms with van der Waals surface area (Å²) in [6.45, 7) is 5.36. The Balaban J connectivity index is 2.05. The Hall–Kier alpha value is -3.35. The van der Waals surface area contributed by atoms with Crippen molar-refractivity contribution in [3.05, 3.63) is 65.7 Å². The van der Waals surface area contributed by atoms with E-state index in [0.29, 0.717) is 19.6 Å². The van der Waals surface area contributed by atoms with Crippen molar-refractivity contribution in [1.29, 1.82) is 0 Å². The van der Waals surface area contributed by atoms with Crippen LogP contribution in [0.4, 0.5) is 5.69 Å². The number of hydrogen-bond acceptors (Lipinski definition) is 6. The van der Waals surface area contributed by atoms with Gasteiger partial charge >= 0.3 is 11.9 Å². The van der Waals surface area contributed by atoms with Gasteiger partial charge in [0.05, 0.1) is 6.54 Å². The van der Waals surface area contributed by atoms with Gasteiger partial charge in [0.15, 0.2) is 0 Å². The van der Waals surface area contributed by atoms with Gasteiger partial charge < -0.3 is 19.3 Å². The second-order valence-electron chi connectivity index (χ2n) is 7.66. The van der Waals surface area contributed by atoms with E-state index in [0.717, 1.165) is 16.8 Å². The highest BCUT2D eigenvalue weighted by Crippen LogP contribution is 2.29. The van der Waals surface area contributed by atoms with Crippen molar-refractivity contribution in [2.45, 2.75) is 46.0 Å². The smallest absolute Gasteiger partial charge is 0.303 e. The summed E-state index contributed by atoms with van der Waals surface area (Å²) < 4.78 is 10.9. The molecule has 0 radical (unpaired) electrons. The molecule has 0 N–H and O–H groups in total. The van der Waals surface area contributed by atoms with Gasteiger partial charge in [0.1, 0.15) is 18.8 Å². The summed E-state index contributed by atoms with van der Waals surface area (Å²) in [5.41, 5.74) is 3.06. The highest BCUT2D eigenvalue weighted by atomic mass is 16.6. The van der Waals surface area contributed by atoms with Crippen LogP contribution in [-0.2, 0) is 36.9 Å². The molecule has 0 saturated carbocycles. The van der Waals surface area contributed by atoms with Crippen molar-refractivity contribution in [3.63, 3.8) is 0 Å². The van der Waals surface area contributed by atoms with Gasteiger partial charge in [-0.3, -0.25) is 14.4 Å². The van der Waals surface area contributed by atoms with Gasteiger partial charge in [0.2, 0.25) is 5.91 Å². The second-order valence-corrected chi connectivity index (χ2v) is 7.66. The van der Waals surface area contributed by atoms with Crippen LogP contribution in [0.3, 0.4) is 0 Å². The van der Waals surface area contributed by atoms with Gasteiger partial charge in [-0.05, 0) is 17.2 Å². The maximum Gasteiger partial charge on any atom is 0.303 e. The lowest BCUT2D eigenvalue weighted by molar-refractivity contribution is -0.159. The van der Waals surface area contributed by atoms with Crippen LogP contribution in [-0.4, -0.2) is 48.0 Å². The van der Waals surface area contributed by atoms with E-state index in [4.69, 9.17) is 9.47 Å². The quantitative estimate of drug-likeness (QED) is 0.687. The summed E-state index contributed by atoms with van der Waals surface area (Å²) in [4.78, 5) is 39.8. The average molecular weight is 424 g/mol. The molecular formula is C24H28N2O5. The van der Waals surface area contributed by atoms with Crippen LogP contribution in [0.25, 0.3) is 0 Å². The molecule has 1 aliphatic rings. The van der Waals surface area contributed by atoms with E-state index in [9.17, 15) is 14.4 Å². The summed E-state index contributed by atoms with van der Waals surface area (Å²) in [6.07, 6.45) is -0.669. The van der Waals surface area contributed by atoms with E-state index in [1.54, 1.807) is 4.90 Å². The molecule has 1 amide bonds. The Labute approximate surface area is 182 Å². The highest BCUT2D eigenvalue weighted by molar-refractivity contribution is 5.75. The maximum atomic E-state index is 12.6. The molecule has 2 aromatic rings. The molecule has 0 unspecified atom stereocenters. The maximum absolute atomic E-state index is 12.6. The molecule has 0 aromatic heterocycles. The molecule has 164 valence electrons. The number of fused-ring (bicyclic) bond motifs is 1. The molecule has 7 nitrogen and oxygen atoms in total. The van der Waals surface area contributed by atoms with Crippen LogP contribution in [0.2, 0.25) is 0 Å². The first kappa shape index (κ1) is 22.3. The molecule has 0 saturated heterocycles. The lowest BCUT2D eigenvalue weighted by Crippen LogP contribution is -2.55. The lowest BCUT2D eigenvalue weighted by Gasteiger charge is -2.41. The third-order valence-electron chi connectivity index (χ3n) is 5.30. The molecule has 2 atom stereocenters. The Kier molecular flexibility index (Phi) is 7.28. The standard InChI is InChI=1S/C24H28N2O5/c1-17(27)26-14-21-11-7-8-12-22(21)25(13-20-9-5-4-6-10-20)15-24(31-19(3)29)23(26)16-30-18(2)28/h4-12,23-24H,13-16H2,1-3H3/t23-,24-/m1/s1. The minimum Gasteiger partial charge on any atom is -0.464 e. The Morgan fingerprint density at radius 2 is 1.61 bits per heavy atom. The molecule has 3 rings (SSSR count). The fraction of sp³-hybridized carbons (Fsp3) is 0.375. The molecular weight excluding hydrogens is 396 g/mol. The Morgan fingerprint density at radius 1 is 0.935 bits per heavy atom. The average Bonchev–Trinajstić information content (AvgIpc) is 2.71. The van der Waals surface area contributed by atoms with Crippen LogP contribution < -0.4 is 4.90 Å². The number of anilines is 1. The number of carbonyl (C=O) groups excluding carboxylic acids is 3. The van der Waals surface area contributed by atoms with Crippen LogP contribution >= 0.6 is 0 Å². The molecule has 1 heterocycles. The third kappa shape index (κ3) is 5.84. The molecule has 31 heavy (non-hydrogen) atoms. The van der Waals surface area contributed by atoms with Crippen LogP contribution in [0.1, 0.15) is 31.9 Å². The molecule has 2 aromatic carbocycles. The number of rotatable bonds is 5. The zero-order valence-corrected chi connectivity index (χ0v) is 18.1. The van der Waals surface area contributed by atoms with E-state index in [2.05, 4.69) is 4.90 Å². The minimum absolute atomic E-state index is 0.0474. The van der Waals surface area contributed by atoms with E-state index in [1.807, 2.05) is 54.6 Å². The van der Waals surface area contributed by atoms with Gasteiger partial charge in [-0.25, -0.2) is 0 Å². The molecule has 7 heteroatoms. The summed E-state index contributed by atoms with van der Waals surface area (Å²) in [7, 11) is 0. The van der Waals surface area contributed by atoms with Crippen molar-refractivity contribution in [3.8, 4) is 0 Å². The first-order valence-electron chi connectivity index (χ1n) is 10.3. The van der Waals surface area contributed by atoms with Crippen molar-refractivity contribution in [1.82, 2.24) is 4.90 Å². The normalized spacial score (nSPS) is 18.4.